The predicted octanol–water partition coefficient (Wildman–Crippen LogP) is 1.85. The van der Waals surface area contributed by atoms with Crippen molar-refractivity contribution >= 4 is 17.7 Å². The molecule has 0 bridgehead atoms. The first-order valence-electron chi connectivity index (χ1n) is 10.5. The molecule has 1 atom stereocenters. The molecule has 1 saturated heterocycles. The van der Waals surface area contributed by atoms with E-state index in [0.29, 0.717) is 19.8 Å². The van der Waals surface area contributed by atoms with Crippen molar-refractivity contribution in [1.29, 1.82) is 0 Å². The van der Waals surface area contributed by atoms with Gasteiger partial charge in [0.1, 0.15) is 5.75 Å². The molecule has 3 rings (SSSR count). The summed E-state index contributed by atoms with van der Waals surface area (Å²) in [5.74, 6) is -1.53. The summed E-state index contributed by atoms with van der Waals surface area (Å²) < 4.78 is 11.1. The first-order chi connectivity index (χ1) is 15.6. The number of ether oxygens (including phenoxy) is 2. The van der Waals surface area contributed by atoms with Crippen molar-refractivity contribution < 1.29 is 29.1 Å². The molecule has 3 N–H and O–H groups in total. The average molecular weight is 456 g/mol. The second kappa shape index (κ2) is 9.60. The minimum Gasteiger partial charge on any atom is -0.493 e. The molecule has 0 aromatic heterocycles. The first kappa shape index (κ1) is 24.2. The summed E-state index contributed by atoms with van der Waals surface area (Å²) in [7, 11) is 2.67. The molecule has 0 saturated carbocycles. The zero-order valence-electron chi connectivity index (χ0n) is 19.2. The van der Waals surface area contributed by atoms with Crippen molar-refractivity contribution in [3.63, 3.8) is 0 Å². The van der Waals surface area contributed by atoms with Gasteiger partial charge in [0.05, 0.1) is 19.8 Å². The molecule has 176 valence electrons. The van der Waals surface area contributed by atoms with Crippen molar-refractivity contribution in [3.8, 4) is 16.9 Å². The molecule has 0 aliphatic carbocycles. The number of hydrogen-bond donors (Lipinski definition) is 3. The summed E-state index contributed by atoms with van der Waals surface area (Å²) in [6.07, 6.45) is 0. The number of likely N-dealkylation sites (N-methyl/N-ethyl adjacent to an activating group) is 2. The molecule has 9 heteroatoms. The Morgan fingerprint density at radius 1 is 1.06 bits per heavy atom. The van der Waals surface area contributed by atoms with Crippen LogP contribution in [0.25, 0.3) is 11.1 Å². The largest absolute Gasteiger partial charge is 0.493 e. The lowest BCUT2D eigenvalue weighted by Crippen LogP contribution is -2.64. The van der Waals surface area contributed by atoms with Crippen molar-refractivity contribution in [1.82, 2.24) is 15.7 Å². The molecule has 0 unspecified atom stereocenters. The number of hydrogen-bond acceptors (Lipinski definition) is 6. The number of hydroxylamine groups is 1. The second-order valence-corrected chi connectivity index (χ2v) is 8.65. The molecule has 1 heterocycles. The van der Waals surface area contributed by atoms with Crippen LogP contribution in [0.5, 0.6) is 5.75 Å². The number of nitrogens with one attached hydrogen (secondary N) is 2. The van der Waals surface area contributed by atoms with Gasteiger partial charge in [-0.1, -0.05) is 31.2 Å². The van der Waals surface area contributed by atoms with Crippen molar-refractivity contribution in [2.24, 2.45) is 5.41 Å². The summed E-state index contributed by atoms with van der Waals surface area (Å²) >= 11 is 0. The van der Waals surface area contributed by atoms with Crippen molar-refractivity contribution in [2.75, 3.05) is 33.9 Å². The number of carbonyl (C=O) groups is 3. The van der Waals surface area contributed by atoms with E-state index in [1.807, 2.05) is 24.3 Å². The average Bonchev–Trinajstić information content (AvgIpc) is 2.84. The third-order valence-electron chi connectivity index (χ3n) is 6.00. The highest BCUT2D eigenvalue weighted by Gasteiger charge is 2.47. The van der Waals surface area contributed by atoms with Crippen LogP contribution in [0, 0.1) is 5.41 Å². The lowest BCUT2D eigenvalue weighted by atomic mass is 9.90. The van der Waals surface area contributed by atoms with Crippen LogP contribution in [0.1, 0.15) is 24.2 Å². The second-order valence-electron chi connectivity index (χ2n) is 8.65. The van der Waals surface area contributed by atoms with Gasteiger partial charge in [0.25, 0.3) is 17.7 Å². The monoisotopic (exact) mass is 455 g/mol. The maximum Gasteiger partial charge on any atom is 0.278 e. The van der Waals surface area contributed by atoms with E-state index in [2.05, 4.69) is 12.2 Å². The van der Waals surface area contributed by atoms with Crippen LogP contribution in [-0.2, 0) is 14.3 Å². The highest BCUT2D eigenvalue weighted by atomic mass is 16.5. The van der Waals surface area contributed by atoms with Gasteiger partial charge in [-0.05, 0) is 42.3 Å². The third-order valence-corrected chi connectivity index (χ3v) is 6.00. The van der Waals surface area contributed by atoms with E-state index in [4.69, 9.17) is 14.7 Å². The van der Waals surface area contributed by atoms with Crippen LogP contribution in [0.15, 0.2) is 48.5 Å². The fourth-order valence-electron chi connectivity index (χ4n) is 3.50. The molecule has 1 aliphatic rings. The molecule has 1 fully saturated rings. The quantitative estimate of drug-likeness (QED) is 0.318. The lowest BCUT2D eigenvalue weighted by molar-refractivity contribution is -0.148. The Balaban J connectivity index is 1.71. The Kier molecular flexibility index (Phi) is 7.04. The van der Waals surface area contributed by atoms with E-state index in [1.165, 1.54) is 26.5 Å². The Labute approximate surface area is 192 Å². The van der Waals surface area contributed by atoms with Crippen LogP contribution in [0.4, 0.5) is 0 Å². The van der Waals surface area contributed by atoms with E-state index >= 15 is 0 Å². The molecule has 0 radical (unpaired) electrons. The maximum atomic E-state index is 13.0. The summed E-state index contributed by atoms with van der Waals surface area (Å²) in [4.78, 5) is 38.4. The first-order valence-corrected chi connectivity index (χ1v) is 10.5. The fourth-order valence-corrected chi connectivity index (χ4v) is 3.50. The van der Waals surface area contributed by atoms with E-state index in [0.717, 1.165) is 21.8 Å². The van der Waals surface area contributed by atoms with Crippen LogP contribution >= 0.6 is 0 Å². The molecular formula is C24H29N3O6. The topological polar surface area (TPSA) is 117 Å². The molecule has 1 aliphatic heterocycles. The summed E-state index contributed by atoms with van der Waals surface area (Å²) in [5.41, 5.74) is 1.72. The standard InChI is InChI=1S/C24H29N3O6/c1-23(13-32-14-23)15-33-19-11-9-17(10-12-19)16-5-7-18(8-6-16)20(28)27(4)24(2,21(29)25-3)22(30)26-31/h5-12,31H,13-15H2,1-4H3,(H,25,29)(H,26,30)/t24-/m0/s1. The van der Waals surface area contributed by atoms with Crippen molar-refractivity contribution in [2.45, 2.75) is 19.4 Å². The number of amides is 3. The Hall–Kier alpha value is -3.43. The van der Waals surface area contributed by atoms with Gasteiger partial charge in [-0.25, -0.2) is 5.48 Å². The molecule has 0 spiro atoms. The minimum absolute atomic E-state index is 0.0694. The highest BCUT2D eigenvalue weighted by molar-refractivity contribution is 6.12. The summed E-state index contributed by atoms with van der Waals surface area (Å²) in [5, 5.41) is 11.4. The lowest BCUT2D eigenvalue weighted by Gasteiger charge is -2.37. The molecular weight excluding hydrogens is 426 g/mol. The molecule has 33 heavy (non-hydrogen) atoms. The van der Waals surface area contributed by atoms with Crippen molar-refractivity contribution in [3.05, 3.63) is 54.1 Å². The summed E-state index contributed by atoms with van der Waals surface area (Å²) in [6.45, 7) is 5.39. The SMILES string of the molecule is CNC(=O)[C@@](C)(C(=O)NO)N(C)C(=O)c1ccc(-c2ccc(OCC3(C)COC3)cc2)cc1. The van der Waals surface area contributed by atoms with Gasteiger partial charge in [0, 0.05) is 25.1 Å². The Morgan fingerprint density at radius 3 is 2.06 bits per heavy atom. The van der Waals surface area contributed by atoms with E-state index in [-0.39, 0.29) is 11.0 Å². The van der Waals surface area contributed by atoms with Gasteiger partial charge >= 0.3 is 0 Å². The van der Waals surface area contributed by atoms with Crippen LogP contribution in [0.2, 0.25) is 0 Å². The Morgan fingerprint density at radius 2 is 1.61 bits per heavy atom. The van der Waals surface area contributed by atoms with Gasteiger partial charge in [-0.3, -0.25) is 19.6 Å². The summed E-state index contributed by atoms with van der Waals surface area (Å²) in [6, 6.07) is 14.5. The normalized spacial score (nSPS) is 16.0. The van der Waals surface area contributed by atoms with E-state index in [1.54, 1.807) is 24.3 Å². The predicted molar refractivity (Wildman–Crippen MR) is 121 cm³/mol. The Bertz CT molecular complexity index is 1000. The van der Waals surface area contributed by atoms with Gasteiger partial charge < -0.3 is 19.7 Å². The van der Waals surface area contributed by atoms with Gasteiger partial charge in [-0.15, -0.1) is 0 Å². The number of nitrogens with zero attached hydrogens (tertiary/aromatic N) is 1. The van der Waals surface area contributed by atoms with Crippen LogP contribution in [-0.4, -0.2) is 67.3 Å². The fraction of sp³-hybridized carbons (Fsp3) is 0.375. The van der Waals surface area contributed by atoms with Crippen LogP contribution in [0.3, 0.4) is 0 Å². The molecule has 3 amide bonds. The number of benzene rings is 2. The zero-order chi connectivity index (χ0) is 24.2. The maximum absolute atomic E-state index is 13.0. The van der Waals surface area contributed by atoms with Gasteiger partial charge in [0.15, 0.2) is 5.54 Å². The smallest absolute Gasteiger partial charge is 0.278 e. The zero-order valence-corrected chi connectivity index (χ0v) is 19.2. The highest BCUT2D eigenvalue weighted by Crippen LogP contribution is 2.29. The van der Waals surface area contributed by atoms with Gasteiger partial charge in [-0.2, -0.15) is 0 Å². The minimum atomic E-state index is -1.93. The van der Waals surface area contributed by atoms with Crippen LogP contribution < -0.4 is 15.5 Å². The number of carbonyl (C=O) groups excluding carboxylic acids is 3. The molecule has 2 aromatic carbocycles. The van der Waals surface area contributed by atoms with E-state index < -0.39 is 23.3 Å². The van der Waals surface area contributed by atoms with E-state index in [9.17, 15) is 14.4 Å². The third kappa shape index (κ3) is 4.84. The molecule has 9 nitrogen and oxygen atoms in total. The number of rotatable bonds is 8. The van der Waals surface area contributed by atoms with Gasteiger partial charge in [0.2, 0.25) is 0 Å². The molecule has 2 aromatic rings.